The summed E-state index contributed by atoms with van der Waals surface area (Å²) in [6.07, 6.45) is 0. The van der Waals surface area contributed by atoms with E-state index in [1.807, 2.05) is 36.4 Å². The summed E-state index contributed by atoms with van der Waals surface area (Å²) in [5, 5.41) is 9.50. The number of carbonyl (C=O) groups is 2. The second-order valence-corrected chi connectivity index (χ2v) is 6.70. The summed E-state index contributed by atoms with van der Waals surface area (Å²) in [5.41, 5.74) is 2.76. The molecule has 3 rings (SSSR count). The summed E-state index contributed by atoms with van der Waals surface area (Å²) >= 11 is 5.84. The molecule has 2 aromatic carbocycles. The van der Waals surface area contributed by atoms with Crippen LogP contribution >= 0.6 is 11.6 Å². The largest absolute Gasteiger partial charge is 0.343 e. The molecule has 6 nitrogen and oxygen atoms in total. The van der Waals surface area contributed by atoms with Crippen LogP contribution in [0.3, 0.4) is 0 Å². The molecule has 1 unspecified atom stereocenters. The number of nitrogens with one attached hydrogen (secondary N) is 3. The Morgan fingerprint density at radius 3 is 2.54 bits per heavy atom. The van der Waals surface area contributed by atoms with Crippen molar-refractivity contribution in [2.45, 2.75) is 12.6 Å². The van der Waals surface area contributed by atoms with Crippen LogP contribution in [0.4, 0.5) is 10.5 Å². The molecule has 1 heterocycles. The minimum Gasteiger partial charge on any atom is -0.343 e. The smallest absolute Gasteiger partial charge is 0.319 e. The lowest BCUT2D eigenvalue weighted by atomic mass is 10.0. The van der Waals surface area contributed by atoms with Gasteiger partial charge < -0.3 is 15.5 Å². The minimum absolute atomic E-state index is 0.0943. The average Bonchev–Trinajstić information content (AvgIpc) is 2.64. The van der Waals surface area contributed by atoms with Crippen molar-refractivity contribution in [1.82, 2.24) is 15.5 Å². The van der Waals surface area contributed by atoms with Gasteiger partial charge in [0.15, 0.2) is 0 Å². The van der Waals surface area contributed by atoms with E-state index in [0.29, 0.717) is 30.3 Å². The molecule has 1 saturated heterocycles. The Kier molecular flexibility index (Phi) is 5.75. The highest BCUT2D eigenvalue weighted by Gasteiger charge is 2.23. The molecule has 0 bridgehead atoms. The topological polar surface area (TPSA) is 73.5 Å². The first-order chi connectivity index (χ1) is 12.5. The third kappa shape index (κ3) is 4.74. The van der Waals surface area contributed by atoms with Gasteiger partial charge in [0, 0.05) is 30.8 Å². The SMILES string of the molecule is CN1CC(c2ccc(NC(=O)NCc3ccc(Cl)cc3)cc2)NCC1=O. The molecule has 2 aromatic rings. The van der Waals surface area contributed by atoms with Crippen LogP contribution in [0.2, 0.25) is 5.02 Å². The fourth-order valence-electron chi connectivity index (χ4n) is 2.77. The molecule has 0 aromatic heterocycles. The van der Waals surface area contributed by atoms with Crippen molar-refractivity contribution < 1.29 is 9.59 Å². The number of piperazine rings is 1. The Morgan fingerprint density at radius 2 is 1.88 bits per heavy atom. The number of carbonyl (C=O) groups excluding carboxylic acids is 2. The van der Waals surface area contributed by atoms with Crippen molar-refractivity contribution in [3.8, 4) is 0 Å². The fraction of sp³-hybridized carbons (Fsp3) is 0.263. The molecular weight excluding hydrogens is 352 g/mol. The van der Waals surface area contributed by atoms with Crippen LogP contribution in [0.25, 0.3) is 0 Å². The van der Waals surface area contributed by atoms with Crippen molar-refractivity contribution in [2.75, 3.05) is 25.5 Å². The molecule has 0 radical (unpaired) electrons. The summed E-state index contributed by atoms with van der Waals surface area (Å²) in [5.74, 6) is 0.0943. The van der Waals surface area contributed by atoms with Crippen molar-refractivity contribution in [2.24, 2.45) is 0 Å². The van der Waals surface area contributed by atoms with Crippen molar-refractivity contribution >= 4 is 29.2 Å². The number of nitrogens with zero attached hydrogens (tertiary/aromatic N) is 1. The Morgan fingerprint density at radius 1 is 1.19 bits per heavy atom. The highest BCUT2D eigenvalue weighted by atomic mass is 35.5. The van der Waals surface area contributed by atoms with Crippen molar-refractivity contribution in [3.63, 3.8) is 0 Å². The van der Waals surface area contributed by atoms with Gasteiger partial charge >= 0.3 is 6.03 Å². The highest BCUT2D eigenvalue weighted by molar-refractivity contribution is 6.30. The van der Waals surface area contributed by atoms with Gasteiger partial charge in [-0.1, -0.05) is 35.9 Å². The number of amides is 3. The second kappa shape index (κ2) is 8.21. The van der Waals surface area contributed by atoms with Gasteiger partial charge in [0.2, 0.25) is 5.91 Å². The molecular formula is C19H21ClN4O2. The number of urea groups is 1. The van der Waals surface area contributed by atoms with E-state index in [1.165, 1.54) is 0 Å². The molecule has 0 aliphatic carbocycles. The molecule has 136 valence electrons. The summed E-state index contributed by atoms with van der Waals surface area (Å²) in [6.45, 7) is 1.40. The molecule has 26 heavy (non-hydrogen) atoms. The van der Waals surface area contributed by atoms with Gasteiger partial charge in [-0.3, -0.25) is 10.1 Å². The van der Waals surface area contributed by atoms with Crippen LogP contribution in [0.15, 0.2) is 48.5 Å². The highest BCUT2D eigenvalue weighted by Crippen LogP contribution is 2.19. The maximum atomic E-state index is 12.0. The number of hydrogen-bond acceptors (Lipinski definition) is 3. The first kappa shape index (κ1) is 18.2. The molecule has 0 spiro atoms. The van der Waals surface area contributed by atoms with Gasteiger partial charge in [0.1, 0.15) is 0 Å². The molecule has 1 aliphatic heterocycles. The summed E-state index contributed by atoms with van der Waals surface area (Å²) < 4.78 is 0. The number of benzene rings is 2. The standard InChI is InChI=1S/C19H21ClN4O2/c1-24-12-17(21-11-18(24)25)14-4-8-16(9-5-14)23-19(26)22-10-13-2-6-15(20)7-3-13/h2-9,17,21H,10-12H2,1H3,(H2,22,23,26). The van der Waals surface area contributed by atoms with E-state index in [-0.39, 0.29) is 18.0 Å². The molecule has 3 amide bonds. The number of halogens is 1. The summed E-state index contributed by atoms with van der Waals surface area (Å²) in [7, 11) is 1.80. The molecule has 7 heteroatoms. The van der Waals surface area contributed by atoms with Crippen LogP contribution in [-0.2, 0) is 11.3 Å². The van der Waals surface area contributed by atoms with Crippen LogP contribution in [-0.4, -0.2) is 37.0 Å². The van der Waals surface area contributed by atoms with E-state index in [1.54, 1.807) is 24.1 Å². The average molecular weight is 373 g/mol. The Bertz CT molecular complexity index is 777. The maximum Gasteiger partial charge on any atom is 0.319 e. The van der Waals surface area contributed by atoms with Crippen molar-refractivity contribution in [3.05, 3.63) is 64.7 Å². The third-order valence-electron chi connectivity index (χ3n) is 4.32. The Balaban J connectivity index is 1.51. The van der Waals surface area contributed by atoms with Crippen molar-refractivity contribution in [1.29, 1.82) is 0 Å². The van der Waals surface area contributed by atoms with Crippen LogP contribution in [0.5, 0.6) is 0 Å². The predicted octanol–water partition coefficient (Wildman–Crippen LogP) is 2.76. The van der Waals surface area contributed by atoms with Gasteiger partial charge in [0.25, 0.3) is 0 Å². The number of anilines is 1. The summed E-state index contributed by atoms with van der Waals surface area (Å²) in [4.78, 5) is 25.3. The minimum atomic E-state index is -0.270. The molecule has 1 atom stereocenters. The van der Waals surface area contributed by atoms with E-state index in [4.69, 9.17) is 11.6 Å². The van der Waals surface area contributed by atoms with Crippen LogP contribution in [0, 0.1) is 0 Å². The quantitative estimate of drug-likeness (QED) is 0.772. The Labute approximate surface area is 157 Å². The fourth-order valence-corrected chi connectivity index (χ4v) is 2.89. The lowest BCUT2D eigenvalue weighted by molar-refractivity contribution is -0.131. The van der Waals surface area contributed by atoms with Gasteiger partial charge in [-0.2, -0.15) is 0 Å². The van der Waals surface area contributed by atoms with Gasteiger partial charge in [0.05, 0.1) is 12.6 Å². The zero-order chi connectivity index (χ0) is 18.5. The predicted molar refractivity (Wildman–Crippen MR) is 102 cm³/mol. The van der Waals surface area contributed by atoms with E-state index < -0.39 is 0 Å². The molecule has 0 saturated carbocycles. The zero-order valence-electron chi connectivity index (χ0n) is 14.5. The number of likely N-dealkylation sites (N-methyl/N-ethyl adjacent to an activating group) is 1. The third-order valence-corrected chi connectivity index (χ3v) is 4.57. The van der Waals surface area contributed by atoms with E-state index >= 15 is 0 Å². The lowest BCUT2D eigenvalue weighted by Gasteiger charge is -2.31. The zero-order valence-corrected chi connectivity index (χ0v) is 15.2. The van der Waals surface area contributed by atoms with E-state index in [0.717, 1.165) is 11.1 Å². The monoisotopic (exact) mass is 372 g/mol. The first-order valence-electron chi connectivity index (χ1n) is 8.38. The van der Waals surface area contributed by atoms with Crippen LogP contribution in [0.1, 0.15) is 17.2 Å². The molecule has 1 aliphatic rings. The van der Waals surface area contributed by atoms with E-state index in [2.05, 4.69) is 16.0 Å². The lowest BCUT2D eigenvalue weighted by Crippen LogP contribution is -2.47. The first-order valence-corrected chi connectivity index (χ1v) is 8.75. The summed E-state index contributed by atoms with van der Waals surface area (Å²) in [6, 6.07) is 14.8. The Hall–Kier alpha value is -2.57. The number of rotatable bonds is 4. The van der Waals surface area contributed by atoms with E-state index in [9.17, 15) is 9.59 Å². The molecule has 3 N–H and O–H groups in total. The molecule has 1 fully saturated rings. The van der Waals surface area contributed by atoms with Gasteiger partial charge in [-0.15, -0.1) is 0 Å². The van der Waals surface area contributed by atoms with Gasteiger partial charge in [-0.05, 0) is 35.4 Å². The van der Waals surface area contributed by atoms with Crippen LogP contribution < -0.4 is 16.0 Å². The number of hydrogen-bond donors (Lipinski definition) is 3. The van der Waals surface area contributed by atoms with Gasteiger partial charge in [-0.25, -0.2) is 4.79 Å². The maximum absolute atomic E-state index is 12.0. The second-order valence-electron chi connectivity index (χ2n) is 6.26. The normalized spacial score (nSPS) is 17.1.